The number of rotatable bonds is 7. The first kappa shape index (κ1) is 18.0. The lowest BCUT2D eigenvalue weighted by molar-refractivity contribution is 0.249. The highest BCUT2D eigenvalue weighted by atomic mass is 35.5. The number of aromatic nitrogens is 3. The maximum absolute atomic E-state index is 9.19. The van der Waals surface area contributed by atoms with Gasteiger partial charge in [0, 0.05) is 30.7 Å². The summed E-state index contributed by atoms with van der Waals surface area (Å²) in [6.45, 7) is 2.56. The van der Waals surface area contributed by atoms with Crippen LogP contribution < -0.4 is 16.0 Å². The van der Waals surface area contributed by atoms with Gasteiger partial charge in [-0.05, 0) is 42.9 Å². The van der Waals surface area contributed by atoms with Crippen LogP contribution in [0.25, 0.3) is 0 Å². The van der Waals surface area contributed by atoms with Gasteiger partial charge in [-0.15, -0.1) is 5.10 Å². The monoisotopic (exact) mass is 364 g/mol. The molecule has 1 fully saturated rings. The van der Waals surface area contributed by atoms with Crippen molar-refractivity contribution in [1.82, 2.24) is 20.5 Å². The maximum Gasteiger partial charge on any atom is 0.246 e. The van der Waals surface area contributed by atoms with Crippen molar-refractivity contribution in [3.8, 4) is 0 Å². The van der Waals surface area contributed by atoms with Crippen molar-refractivity contribution in [2.75, 3.05) is 36.9 Å². The van der Waals surface area contributed by atoms with Crippen LogP contribution in [-0.4, -0.2) is 52.6 Å². The molecule has 1 aliphatic rings. The second-order valence-corrected chi connectivity index (χ2v) is 6.90. The average molecular weight is 365 g/mol. The molecular weight excluding hydrogens is 340 g/mol. The third-order valence-corrected chi connectivity index (χ3v) is 5.02. The Morgan fingerprint density at radius 3 is 2.64 bits per heavy atom. The van der Waals surface area contributed by atoms with Gasteiger partial charge in [0.1, 0.15) is 0 Å². The van der Waals surface area contributed by atoms with E-state index in [0.29, 0.717) is 30.4 Å². The van der Waals surface area contributed by atoms with Crippen molar-refractivity contribution in [2.45, 2.75) is 25.3 Å². The summed E-state index contributed by atoms with van der Waals surface area (Å²) in [7, 11) is 0. The van der Waals surface area contributed by atoms with Crippen LogP contribution in [0.1, 0.15) is 18.4 Å². The number of H-pyrrole nitrogens is 1. The Hall–Kier alpha value is -1.83. The molecule has 0 bridgehead atoms. The number of nitrogen functional groups attached to an aromatic ring is 1. The zero-order valence-corrected chi connectivity index (χ0v) is 14.9. The third-order valence-electron chi connectivity index (χ3n) is 4.77. The van der Waals surface area contributed by atoms with Gasteiger partial charge in [-0.2, -0.15) is 4.98 Å². The zero-order chi connectivity index (χ0) is 17.6. The van der Waals surface area contributed by atoms with Crippen LogP contribution in [0, 0.1) is 5.92 Å². The molecule has 5 N–H and O–H groups in total. The van der Waals surface area contributed by atoms with Gasteiger partial charge in [0.05, 0.1) is 6.61 Å². The number of nitrogens with two attached hydrogens (primary N) is 1. The molecule has 2 aromatic rings. The third kappa shape index (κ3) is 4.84. The zero-order valence-electron chi connectivity index (χ0n) is 14.2. The molecule has 1 aliphatic heterocycles. The first-order chi connectivity index (χ1) is 12.2. The molecule has 1 saturated heterocycles. The topological polar surface area (TPSA) is 103 Å². The minimum atomic E-state index is 0.145. The smallest absolute Gasteiger partial charge is 0.246 e. The van der Waals surface area contributed by atoms with Gasteiger partial charge < -0.3 is 21.1 Å². The second kappa shape index (κ2) is 8.51. The van der Waals surface area contributed by atoms with Crippen LogP contribution in [0.4, 0.5) is 11.9 Å². The standard InChI is InChI=1S/C17H25ClN6O/c18-14-3-1-12(2-4-14)11-15(20-7-10-25)13-5-8-24(9-6-13)17-21-16(19)22-23-17/h1-4,13,15,20,25H,5-11H2,(H3,19,21,22,23). The quantitative estimate of drug-likeness (QED) is 0.593. The number of halogens is 1. The predicted octanol–water partition coefficient (Wildman–Crippen LogP) is 1.45. The van der Waals surface area contributed by atoms with Crippen molar-refractivity contribution < 1.29 is 5.11 Å². The van der Waals surface area contributed by atoms with Crippen LogP contribution in [0.3, 0.4) is 0 Å². The Balaban J connectivity index is 1.60. The summed E-state index contributed by atoms with van der Waals surface area (Å²) in [5.41, 5.74) is 6.87. The number of anilines is 2. The number of benzene rings is 1. The number of nitrogens with zero attached hydrogens (tertiary/aromatic N) is 3. The average Bonchev–Trinajstić information content (AvgIpc) is 3.07. The molecule has 1 aromatic carbocycles. The number of aliphatic hydroxyl groups excluding tert-OH is 1. The molecule has 0 aliphatic carbocycles. The molecule has 0 saturated carbocycles. The van der Waals surface area contributed by atoms with Gasteiger partial charge >= 0.3 is 0 Å². The number of aliphatic hydroxyl groups is 1. The fourth-order valence-corrected chi connectivity index (χ4v) is 3.56. The highest BCUT2D eigenvalue weighted by Crippen LogP contribution is 2.25. The van der Waals surface area contributed by atoms with Crippen molar-refractivity contribution in [1.29, 1.82) is 0 Å². The summed E-state index contributed by atoms with van der Waals surface area (Å²) in [5.74, 6) is 1.56. The van der Waals surface area contributed by atoms with E-state index in [9.17, 15) is 5.11 Å². The van der Waals surface area contributed by atoms with E-state index in [1.165, 1.54) is 5.56 Å². The fourth-order valence-electron chi connectivity index (χ4n) is 3.44. The summed E-state index contributed by atoms with van der Waals surface area (Å²) in [6.07, 6.45) is 3.02. The van der Waals surface area contributed by atoms with Crippen LogP contribution in [0.5, 0.6) is 0 Å². The van der Waals surface area contributed by atoms with Crippen LogP contribution >= 0.6 is 11.6 Å². The molecule has 2 heterocycles. The number of aromatic amines is 1. The maximum atomic E-state index is 9.19. The lowest BCUT2D eigenvalue weighted by Gasteiger charge is -2.36. The van der Waals surface area contributed by atoms with E-state index in [1.54, 1.807) is 0 Å². The molecule has 3 rings (SSSR count). The number of hydrogen-bond donors (Lipinski definition) is 4. The summed E-state index contributed by atoms with van der Waals surface area (Å²) < 4.78 is 0. The first-order valence-corrected chi connectivity index (χ1v) is 9.05. The fraction of sp³-hybridized carbons (Fsp3) is 0.529. The number of hydrogen-bond acceptors (Lipinski definition) is 6. The Morgan fingerprint density at radius 2 is 2.04 bits per heavy atom. The minimum absolute atomic E-state index is 0.145. The Kier molecular flexibility index (Phi) is 6.12. The van der Waals surface area contributed by atoms with Crippen LogP contribution in [-0.2, 0) is 6.42 Å². The Labute approximate surface area is 152 Å². The van der Waals surface area contributed by atoms with E-state index >= 15 is 0 Å². The summed E-state index contributed by atoms with van der Waals surface area (Å²) in [6, 6.07) is 8.32. The summed E-state index contributed by atoms with van der Waals surface area (Å²) in [5, 5.41) is 20.3. The lowest BCUT2D eigenvalue weighted by atomic mass is 9.86. The van der Waals surface area contributed by atoms with E-state index in [0.717, 1.165) is 37.4 Å². The molecule has 8 heteroatoms. The number of nitrogens with one attached hydrogen (secondary N) is 2. The van der Waals surface area contributed by atoms with Gasteiger partial charge in [-0.25, -0.2) is 5.10 Å². The van der Waals surface area contributed by atoms with Gasteiger partial charge in [-0.3, -0.25) is 0 Å². The Morgan fingerprint density at radius 1 is 1.32 bits per heavy atom. The minimum Gasteiger partial charge on any atom is -0.395 e. The molecule has 0 radical (unpaired) electrons. The molecular formula is C17H25ClN6O. The van der Waals surface area contributed by atoms with Crippen molar-refractivity contribution in [2.24, 2.45) is 5.92 Å². The van der Waals surface area contributed by atoms with Gasteiger partial charge in [-0.1, -0.05) is 23.7 Å². The van der Waals surface area contributed by atoms with Crippen molar-refractivity contribution in [3.05, 3.63) is 34.9 Å². The molecule has 1 aromatic heterocycles. The van der Waals surface area contributed by atoms with Crippen molar-refractivity contribution in [3.63, 3.8) is 0 Å². The van der Waals surface area contributed by atoms with E-state index in [1.807, 2.05) is 12.1 Å². The van der Waals surface area contributed by atoms with Gasteiger partial charge in [0.15, 0.2) is 0 Å². The summed E-state index contributed by atoms with van der Waals surface area (Å²) >= 11 is 5.98. The number of piperidine rings is 1. The van der Waals surface area contributed by atoms with E-state index in [-0.39, 0.29) is 6.61 Å². The SMILES string of the molecule is Nc1nc(N2CCC(C(Cc3ccc(Cl)cc3)NCCO)CC2)n[nH]1. The van der Waals surface area contributed by atoms with E-state index in [4.69, 9.17) is 17.3 Å². The highest BCUT2D eigenvalue weighted by Gasteiger charge is 2.27. The molecule has 0 spiro atoms. The summed E-state index contributed by atoms with van der Waals surface area (Å²) in [4.78, 5) is 6.37. The van der Waals surface area contributed by atoms with Crippen LogP contribution in [0.15, 0.2) is 24.3 Å². The molecule has 25 heavy (non-hydrogen) atoms. The Bertz CT molecular complexity index is 653. The molecule has 0 amide bonds. The van der Waals surface area contributed by atoms with E-state index < -0.39 is 0 Å². The molecule has 136 valence electrons. The van der Waals surface area contributed by atoms with E-state index in [2.05, 4.69) is 37.5 Å². The van der Waals surface area contributed by atoms with Crippen molar-refractivity contribution >= 4 is 23.5 Å². The predicted molar refractivity (Wildman–Crippen MR) is 99.8 cm³/mol. The normalized spacial score (nSPS) is 17.0. The highest BCUT2D eigenvalue weighted by molar-refractivity contribution is 6.30. The van der Waals surface area contributed by atoms with Gasteiger partial charge in [0.2, 0.25) is 11.9 Å². The molecule has 1 unspecified atom stereocenters. The molecule has 7 nitrogen and oxygen atoms in total. The first-order valence-electron chi connectivity index (χ1n) is 8.67. The lowest BCUT2D eigenvalue weighted by Crippen LogP contribution is -2.45. The van der Waals surface area contributed by atoms with Gasteiger partial charge in [0.25, 0.3) is 0 Å². The largest absolute Gasteiger partial charge is 0.395 e. The van der Waals surface area contributed by atoms with Crippen LogP contribution in [0.2, 0.25) is 5.02 Å². The molecule has 1 atom stereocenters. The second-order valence-electron chi connectivity index (χ2n) is 6.46.